The molecule has 0 fully saturated rings. The lowest BCUT2D eigenvalue weighted by atomic mass is 10.1. The van der Waals surface area contributed by atoms with Crippen LogP contribution in [0.15, 0.2) is 41.9 Å². The highest BCUT2D eigenvalue weighted by atomic mass is 35.5. The maximum absolute atomic E-state index is 10.5. The fourth-order valence-electron chi connectivity index (χ4n) is 2.82. The normalized spacial score (nSPS) is 13.7. The first-order valence-corrected chi connectivity index (χ1v) is 10.0. The van der Waals surface area contributed by atoms with Crippen molar-refractivity contribution in [2.45, 2.75) is 45.6 Å². The number of fused-ring (bicyclic) bond motifs is 1. The molecule has 4 nitrogen and oxygen atoms in total. The minimum atomic E-state index is -0.791. The van der Waals surface area contributed by atoms with Gasteiger partial charge in [-0.2, -0.15) is 0 Å². The smallest absolute Gasteiger partial charge is 0.216 e. The van der Waals surface area contributed by atoms with Crippen molar-refractivity contribution >= 4 is 33.0 Å². The maximum Gasteiger partial charge on any atom is 0.216 e. The number of hydrogen-bond donors (Lipinski definition) is 2. The minimum Gasteiger partial charge on any atom is -0.470 e. The summed E-state index contributed by atoms with van der Waals surface area (Å²) in [5, 5.41) is 17.6. The number of aliphatic hydroxyl groups is 1. The van der Waals surface area contributed by atoms with Crippen LogP contribution in [0.3, 0.4) is 0 Å². The number of rotatable bonds is 8. The number of aryl methyl sites for hydroxylation is 1. The number of pyridine rings is 1. The van der Waals surface area contributed by atoms with E-state index in [9.17, 15) is 5.11 Å². The van der Waals surface area contributed by atoms with Crippen molar-refractivity contribution in [1.29, 1.82) is 0 Å². The van der Waals surface area contributed by atoms with Crippen molar-refractivity contribution in [1.82, 2.24) is 10.3 Å². The number of aliphatic hydroxyl groups excluding tert-OH is 1. The second-order valence-corrected chi connectivity index (χ2v) is 7.54. The fourth-order valence-corrected chi connectivity index (χ4v) is 3.77. The molecular formula is C20H23ClN2O2S. The molecule has 0 aliphatic carbocycles. The Morgan fingerprint density at radius 2 is 2.12 bits per heavy atom. The number of benzene rings is 1. The molecule has 0 amide bonds. The van der Waals surface area contributed by atoms with Gasteiger partial charge in [0.15, 0.2) is 0 Å². The van der Waals surface area contributed by atoms with E-state index in [1.807, 2.05) is 19.9 Å². The number of halogens is 1. The Bertz CT molecular complexity index is 868. The van der Waals surface area contributed by atoms with Crippen molar-refractivity contribution < 1.29 is 9.84 Å². The first kappa shape index (κ1) is 19.1. The van der Waals surface area contributed by atoms with E-state index in [-0.39, 0.29) is 6.10 Å². The lowest BCUT2D eigenvalue weighted by molar-refractivity contribution is 0.00784. The highest BCUT2D eigenvalue weighted by Crippen LogP contribution is 2.23. The highest BCUT2D eigenvalue weighted by molar-refractivity contribution is 7.17. The molecule has 2 aromatic heterocycles. The Labute approximate surface area is 162 Å². The number of aromatic nitrogens is 1. The molecule has 2 N–H and O–H groups in total. The van der Waals surface area contributed by atoms with Gasteiger partial charge in [0.2, 0.25) is 5.88 Å². The highest BCUT2D eigenvalue weighted by Gasteiger charge is 2.20. The molecule has 0 aliphatic heterocycles. The van der Waals surface area contributed by atoms with Gasteiger partial charge in [-0.25, -0.2) is 4.98 Å². The van der Waals surface area contributed by atoms with Crippen LogP contribution in [0, 0.1) is 0 Å². The molecule has 1 aromatic carbocycles. The Kier molecular flexibility index (Phi) is 6.48. The lowest BCUT2D eigenvalue weighted by Crippen LogP contribution is -2.42. The van der Waals surface area contributed by atoms with Crippen LogP contribution in [0.25, 0.3) is 10.1 Å². The number of ether oxygens (including phenoxy) is 1. The van der Waals surface area contributed by atoms with Crippen LogP contribution in [0.5, 0.6) is 5.88 Å². The predicted octanol–water partition coefficient (Wildman–Crippen LogP) is 4.78. The van der Waals surface area contributed by atoms with Crippen molar-refractivity contribution in [2.75, 3.05) is 0 Å². The van der Waals surface area contributed by atoms with E-state index in [0.717, 1.165) is 17.5 Å². The Hall–Kier alpha value is -1.66. The van der Waals surface area contributed by atoms with Crippen molar-refractivity contribution in [2.24, 2.45) is 0 Å². The largest absolute Gasteiger partial charge is 0.470 e. The summed E-state index contributed by atoms with van der Waals surface area (Å²) >= 11 is 7.73. The second-order valence-electron chi connectivity index (χ2n) is 6.15. The third-order valence-corrected chi connectivity index (χ3v) is 5.43. The molecule has 0 saturated heterocycles. The quantitative estimate of drug-likeness (QED) is 0.543. The summed E-state index contributed by atoms with van der Waals surface area (Å²) in [6.07, 6.45) is 1.81. The number of nitrogens with one attached hydrogen (secondary N) is 1. The molecule has 0 bridgehead atoms. The van der Waals surface area contributed by atoms with E-state index in [1.54, 1.807) is 17.5 Å². The molecule has 26 heavy (non-hydrogen) atoms. The first-order chi connectivity index (χ1) is 12.6. The van der Waals surface area contributed by atoms with E-state index in [0.29, 0.717) is 23.9 Å². The Balaban J connectivity index is 1.64. The van der Waals surface area contributed by atoms with Crippen molar-refractivity contribution in [3.05, 3.63) is 58.1 Å². The van der Waals surface area contributed by atoms with E-state index in [2.05, 4.69) is 39.9 Å². The molecule has 3 rings (SSSR count). The van der Waals surface area contributed by atoms with Crippen LogP contribution in [0.1, 0.15) is 31.4 Å². The van der Waals surface area contributed by atoms with Gasteiger partial charge in [0.1, 0.15) is 12.3 Å². The van der Waals surface area contributed by atoms with Gasteiger partial charge in [-0.3, -0.25) is 5.32 Å². The zero-order valence-electron chi connectivity index (χ0n) is 14.9. The average Bonchev–Trinajstić information content (AvgIpc) is 3.12. The summed E-state index contributed by atoms with van der Waals surface area (Å²) < 4.78 is 7.24. The molecular weight excluding hydrogens is 368 g/mol. The second kappa shape index (κ2) is 8.82. The molecule has 0 aliphatic rings. The van der Waals surface area contributed by atoms with Crippen LogP contribution >= 0.6 is 22.9 Å². The van der Waals surface area contributed by atoms with Crippen LogP contribution in [0.2, 0.25) is 5.02 Å². The van der Waals surface area contributed by atoms with E-state index < -0.39 is 6.23 Å². The van der Waals surface area contributed by atoms with Gasteiger partial charge in [0, 0.05) is 23.0 Å². The zero-order chi connectivity index (χ0) is 18.5. The maximum atomic E-state index is 10.5. The molecule has 6 heteroatoms. The summed E-state index contributed by atoms with van der Waals surface area (Å²) in [7, 11) is 0. The van der Waals surface area contributed by atoms with Crippen LogP contribution in [-0.4, -0.2) is 22.4 Å². The SMILES string of the molecule is CCc1cc(Cl)cnc1OC(CC)C(O)NCc1ccc2sccc2c1. The van der Waals surface area contributed by atoms with Gasteiger partial charge in [-0.1, -0.05) is 31.5 Å². The van der Waals surface area contributed by atoms with Crippen molar-refractivity contribution in [3.8, 4) is 5.88 Å². The topological polar surface area (TPSA) is 54.4 Å². The molecule has 0 spiro atoms. The molecule has 0 saturated carbocycles. The molecule has 2 heterocycles. The van der Waals surface area contributed by atoms with Gasteiger partial charge >= 0.3 is 0 Å². The summed E-state index contributed by atoms with van der Waals surface area (Å²) in [5.74, 6) is 0.532. The third-order valence-electron chi connectivity index (χ3n) is 4.32. The van der Waals surface area contributed by atoms with Crippen molar-refractivity contribution in [3.63, 3.8) is 0 Å². The lowest BCUT2D eigenvalue weighted by Gasteiger charge is -2.24. The number of hydrogen-bond acceptors (Lipinski definition) is 5. The molecule has 2 unspecified atom stereocenters. The zero-order valence-corrected chi connectivity index (χ0v) is 16.5. The minimum absolute atomic E-state index is 0.390. The summed E-state index contributed by atoms with van der Waals surface area (Å²) in [5.41, 5.74) is 2.06. The fraction of sp³-hybridized carbons (Fsp3) is 0.350. The van der Waals surface area contributed by atoms with Gasteiger partial charge in [0.25, 0.3) is 0 Å². The Morgan fingerprint density at radius 1 is 1.27 bits per heavy atom. The van der Waals surface area contributed by atoms with Crippen LogP contribution in [-0.2, 0) is 13.0 Å². The standard InChI is InChI=1S/C20H23ClN2O2S/c1-3-14-10-16(21)12-23-20(14)25-17(4-2)19(24)22-11-13-5-6-18-15(9-13)7-8-26-18/h5-10,12,17,19,22,24H,3-4,11H2,1-2H3. The molecule has 138 valence electrons. The van der Waals surface area contributed by atoms with Gasteiger partial charge in [0.05, 0.1) is 5.02 Å². The third kappa shape index (κ3) is 4.54. The van der Waals surface area contributed by atoms with Gasteiger partial charge < -0.3 is 9.84 Å². The Morgan fingerprint density at radius 3 is 2.88 bits per heavy atom. The van der Waals surface area contributed by atoms with Crippen LogP contribution < -0.4 is 10.1 Å². The molecule has 2 atom stereocenters. The summed E-state index contributed by atoms with van der Waals surface area (Å²) in [6, 6.07) is 10.3. The monoisotopic (exact) mass is 390 g/mol. The molecule has 3 aromatic rings. The summed E-state index contributed by atoms with van der Waals surface area (Å²) in [6.45, 7) is 4.58. The van der Waals surface area contributed by atoms with E-state index >= 15 is 0 Å². The van der Waals surface area contributed by atoms with E-state index in [1.165, 1.54) is 10.1 Å². The molecule has 0 radical (unpaired) electrons. The number of nitrogens with zero attached hydrogens (tertiary/aromatic N) is 1. The van der Waals surface area contributed by atoms with E-state index in [4.69, 9.17) is 16.3 Å². The predicted molar refractivity (Wildman–Crippen MR) is 108 cm³/mol. The summed E-state index contributed by atoms with van der Waals surface area (Å²) in [4.78, 5) is 4.27. The van der Waals surface area contributed by atoms with Gasteiger partial charge in [-0.05, 0) is 53.4 Å². The average molecular weight is 391 g/mol. The van der Waals surface area contributed by atoms with Crippen LogP contribution in [0.4, 0.5) is 0 Å². The van der Waals surface area contributed by atoms with Gasteiger partial charge in [-0.15, -0.1) is 11.3 Å². The number of thiophene rings is 1. The first-order valence-electron chi connectivity index (χ1n) is 8.79.